The Morgan fingerprint density at radius 3 is 2.33 bits per heavy atom. The van der Waals surface area contributed by atoms with Crippen molar-refractivity contribution in [3.8, 4) is 17.2 Å². The fraction of sp³-hybridized carbons (Fsp3) is 0.238. The molecule has 24 heavy (non-hydrogen) atoms. The number of aromatic nitrogens is 1. The second kappa shape index (κ2) is 6.33. The van der Waals surface area contributed by atoms with Gasteiger partial charge in [0.15, 0.2) is 5.43 Å². The predicted octanol–water partition coefficient (Wildman–Crippen LogP) is 4.51. The smallest absolute Gasteiger partial charge is 0.197 e. The number of aryl methyl sites for hydroxylation is 4. The van der Waals surface area contributed by atoms with Gasteiger partial charge in [-0.15, -0.1) is 0 Å². The van der Waals surface area contributed by atoms with E-state index in [0.29, 0.717) is 18.5 Å². The zero-order chi connectivity index (χ0) is 17.3. The molecule has 0 aliphatic carbocycles. The minimum atomic E-state index is 0.0586. The van der Waals surface area contributed by atoms with Gasteiger partial charge in [0.25, 0.3) is 0 Å². The highest BCUT2D eigenvalue weighted by atomic mass is 16.1. The Labute approximate surface area is 141 Å². The lowest BCUT2D eigenvalue weighted by Gasteiger charge is -2.16. The summed E-state index contributed by atoms with van der Waals surface area (Å²) in [4.78, 5) is 13.1. The molecule has 0 amide bonds. The highest BCUT2D eigenvalue weighted by Crippen LogP contribution is 2.25. The Balaban J connectivity index is 2.38. The van der Waals surface area contributed by atoms with E-state index in [0.717, 1.165) is 33.2 Å². The molecule has 0 saturated heterocycles. The molecule has 0 N–H and O–H groups in total. The van der Waals surface area contributed by atoms with Gasteiger partial charge < -0.3 is 4.57 Å². The van der Waals surface area contributed by atoms with Crippen LogP contribution in [0.3, 0.4) is 0 Å². The molecule has 120 valence electrons. The van der Waals surface area contributed by atoms with E-state index in [1.165, 1.54) is 0 Å². The van der Waals surface area contributed by atoms with Crippen molar-refractivity contribution in [3.63, 3.8) is 0 Å². The summed E-state index contributed by atoms with van der Waals surface area (Å²) in [5.41, 5.74) is 5.79. The molecule has 3 aromatic rings. The fourth-order valence-electron chi connectivity index (χ4n) is 3.15. The van der Waals surface area contributed by atoms with Crippen LogP contribution >= 0.6 is 0 Å². The van der Waals surface area contributed by atoms with Crippen LogP contribution < -0.4 is 5.43 Å². The van der Waals surface area contributed by atoms with Gasteiger partial charge in [0.2, 0.25) is 0 Å². The van der Waals surface area contributed by atoms with Gasteiger partial charge >= 0.3 is 0 Å². The van der Waals surface area contributed by atoms with Gasteiger partial charge in [-0.25, -0.2) is 0 Å². The molecule has 0 spiro atoms. The van der Waals surface area contributed by atoms with E-state index < -0.39 is 0 Å². The number of benzene rings is 2. The van der Waals surface area contributed by atoms with E-state index >= 15 is 0 Å². The standard InChI is InChI=1S/C21H20N2O/c1-14-5-9-17(10-6-14)18-13-23(12-4-11-22)20-16(3)8-7-15(2)19(20)21(18)24/h5-10,13H,4,12H2,1-3H3. The maximum Gasteiger partial charge on any atom is 0.197 e. The molecule has 3 heteroatoms. The Bertz CT molecular complexity index is 1010. The van der Waals surface area contributed by atoms with Crippen LogP contribution in [0.1, 0.15) is 23.1 Å². The minimum Gasteiger partial charge on any atom is -0.345 e. The first-order valence-electron chi connectivity index (χ1n) is 8.10. The van der Waals surface area contributed by atoms with Gasteiger partial charge in [-0.3, -0.25) is 4.79 Å². The summed E-state index contributed by atoms with van der Waals surface area (Å²) >= 11 is 0. The Morgan fingerprint density at radius 2 is 1.67 bits per heavy atom. The summed E-state index contributed by atoms with van der Waals surface area (Å²) in [5, 5.41) is 9.73. The van der Waals surface area contributed by atoms with E-state index in [1.54, 1.807) is 0 Å². The maximum absolute atomic E-state index is 13.1. The second-order valence-electron chi connectivity index (χ2n) is 6.26. The molecule has 1 aromatic heterocycles. The van der Waals surface area contributed by atoms with Crippen molar-refractivity contribution in [2.24, 2.45) is 0 Å². The van der Waals surface area contributed by atoms with Crippen LogP contribution in [0.4, 0.5) is 0 Å². The van der Waals surface area contributed by atoms with E-state index in [-0.39, 0.29) is 5.43 Å². The van der Waals surface area contributed by atoms with E-state index in [4.69, 9.17) is 5.26 Å². The summed E-state index contributed by atoms with van der Waals surface area (Å²) in [6, 6.07) is 14.2. The molecule has 0 unspecified atom stereocenters. The van der Waals surface area contributed by atoms with Crippen molar-refractivity contribution in [2.75, 3.05) is 0 Å². The molecular weight excluding hydrogens is 296 g/mol. The van der Waals surface area contributed by atoms with Crippen molar-refractivity contribution >= 4 is 10.9 Å². The molecule has 0 fully saturated rings. The summed E-state index contributed by atoms with van der Waals surface area (Å²) in [5.74, 6) is 0. The van der Waals surface area contributed by atoms with Crippen molar-refractivity contribution in [3.05, 3.63) is 69.5 Å². The van der Waals surface area contributed by atoms with Crippen LogP contribution in [0.25, 0.3) is 22.0 Å². The van der Waals surface area contributed by atoms with E-state index in [9.17, 15) is 4.79 Å². The van der Waals surface area contributed by atoms with Crippen molar-refractivity contribution < 1.29 is 0 Å². The number of hydrogen-bond acceptors (Lipinski definition) is 2. The SMILES string of the molecule is Cc1ccc(-c2cn(CCC#N)c3c(C)ccc(C)c3c2=O)cc1. The number of fused-ring (bicyclic) bond motifs is 1. The van der Waals surface area contributed by atoms with E-state index in [2.05, 4.69) is 10.6 Å². The minimum absolute atomic E-state index is 0.0586. The van der Waals surface area contributed by atoms with Gasteiger partial charge in [-0.05, 0) is 37.5 Å². The molecule has 0 aliphatic rings. The van der Waals surface area contributed by atoms with Crippen LogP contribution in [-0.2, 0) is 6.54 Å². The third kappa shape index (κ3) is 2.72. The lowest BCUT2D eigenvalue weighted by molar-refractivity contribution is 0.736. The number of pyridine rings is 1. The molecule has 0 atom stereocenters. The van der Waals surface area contributed by atoms with Gasteiger partial charge in [0.05, 0.1) is 18.0 Å². The monoisotopic (exact) mass is 316 g/mol. The molecule has 0 bridgehead atoms. The highest BCUT2D eigenvalue weighted by molar-refractivity contribution is 5.89. The van der Waals surface area contributed by atoms with Gasteiger partial charge in [-0.2, -0.15) is 5.26 Å². The van der Waals surface area contributed by atoms with Crippen LogP contribution in [0, 0.1) is 32.1 Å². The third-order valence-corrected chi connectivity index (χ3v) is 4.46. The summed E-state index contributed by atoms with van der Waals surface area (Å²) < 4.78 is 2.05. The molecule has 0 radical (unpaired) electrons. The van der Waals surface area contributed by atoms with Gasteiger partial charge in [0.1, 0.15) is 0 Å². The molecule has 3 nitrogen and oxygen atoms in total. The lowest BCUT2D eigenvalue weighted by Crippen LogP contribution is -2.14. The number of rotatable bonds is 3. The van der Waals surface area contributed by atoms with E-state index in [1.807, 2.05) is 63.4 Å². The average Bonchev–Trinajstić information content (AvgIpc) is 2.58. The van der Waals surface area contributed by atoms with Gasteiger partial charge in [-0.1, -0.05) is 42.0 Å². The number of nitrogens with zero attached hydrogens (tertiary/aromatic N) is 2. The lowest BCUT2D eigenvalue weighted by atomic mass is 9.99. The Kier molecular flexibility index (Phi) is 4.22. The molecule has 2 aromatic carbocycles. The first-order chi connectivity index (χ1) is 11.5. The Morgan fingerprint density at radius 1 is 1.00 bits per heavy atom. The van der Waals surface area contributed by atoms with Crippen LogP contribution in [0.5, 0.6) is 0 Å². The maximum atomic E-state index is 13.1. The van der Waals surface area contributed by atoms with Crippen LogP contribution in [0.15, 0.2) is 47.4 Å². The van der Waals surface area contributed by atoms with Gasteiger partial charge in [0, 0.05) is 23.7 Å². The quantitative estimate of drug-likeness (QED) is 0.714. The van der Waals surface area contributed by atoms with Crippen molar-refractivity contribution in [2.45, 2.75) is 33.7 Å². The van der Waals surface area contributed by atoms with Crippen LogP contribution in [-0.4, -0.2) is 4.57 Å². The van der Waals surface area contributed by atoms with Crippen molar-refractivity contribution in [1.82, 2.24) is 4.57 Å². The highest BCUT2D eigenvalue weighted by Gasteiger charge is 2.14. The summed E-state index contributed by atoms with van der Waals surface area (Å²) in [7, 11) is 0. The zero-order valence-corrected chi connectivity index (χ0v) is 14.3. The fourth-order valence-corrected chi connectivity index (χ4v) is 3.15. The predicted molar refractivity (Wildman–Crippen MR) is 98.1 cm³/mol. The zero-order valence-electron chi connectivity index (χ0n) is 14.3. The summed E-state index contributed by atoms with van der Waals surface area (Å²) in [6.07, 6.45) is 2.32. The number of nitriles is 1. The largest absolute Gasteiger partial charge is 0.345 e. The third-order valence-electron chi connectivity index (χ3n) is 4.46. The molecule has 3 rings (SSSR count). The van der Waals surface area contributed by atoms with Crippen molar-refractivity contribution in [1.29, 1.82) is 5.26 Å². The first kappa shape index (κ1) is 16.0. The summed E-state index contributed by atoms with van der Waals surface area (Å²) in [6.45, 7) is 6.59. The molecule has 0 aliphatic heterocycles. The van der Waals surface area contributed by atoms with Crippen LogP contribution in [0.2, 0.25) is 0 Å². The average molecular weight is 316 g/mol. The molecular formula is C21H20N2O. The Hall–Kier alpha value is -2.86. The topological polar surface area (TPSA) is 45.8 Å². The normalized spacial score (nSPS) is 10.8. The number of hydrogen-bond donors (Lipinski definition) is 0. The second-order valence-corrected chi connectivity index (χ2v) is 6.26. The molecule has 1 heterocycles. The molecule has 0 saturated carbocycles. The first-order valence-corrected chi connectivity index (χ1v) is 8.10.